The standard InChI is InChI=1S/C13H18FN3O/c1-8(18)9-4-5-17(7-9)12-3-2-10(14)6-11(12)13(15)16/h2-3,6,8-9,18H,4-5,7H2,1H3,(H3,15,16). The fraction of sp³-hybridized carbons (Fsp3) is 0.462. The third kappa shape index (κ3) is 2.46. The maximum Gasteiger partial charge on any atom is 0.125 e. The zero-order chi connectivity index (χ0) is 13.3. The molecule has 98 valence electrons. The minimum atomic E-state index is -0.393. The van der Waals surface area contributed by atoms with Crippen LogP contribution in [-0.2, 0) is 0 Å². The van der Waals surface area contributed by atoms with Gasteiger partial charge in [-0.25, -0.2) is 4.39 Å². The van der Waals surface area contributed by atoms with Crippen molar-refractivity contribution >= 4 is 11.5 Å². The minimum absolute atomic E-state index is 0.134. The molecule has 1 saturated heterocycles. The van der Waals surface area contributed by atoms with Gasteiger partial charge in [0, 0.05) is 30.3 Å². The first kappa shape index (κ1) is 12.8. The van der Waals surface area contributed by atoms with E-state index in [0.29, 0.717) is 12.1 Å². The van der Waals surface area contributed by atoms with Gasteiger partial charge in [-0.1, -0.05) is 0 Å². The van der Waals surface area contributed by atoms with E-state index in [2.05, 4.69) is 0 Å². The van der Waals surface area contributed by atoms with Crippen LogP contribution in [0.1, 0.15) is 18.9 Å². The lowest BCUT2D eigenvalue weighted by Crippen LogP contribution is -2.26. The maximum absolute atomic E-state index is 13.2. The Morgan fingerprint density at radius 2 is 2.33 bits per heavy atom. The molecule has 1 aromatic carbocycles. The van der Waals surface area contributed by atoms with E-state index in [-0.39, 0.29) is 17.9 Å². The number of nitrogens with zero attached hydrogens (tertiary/aromatic N) is 1. The molecule has 18 heavy (non-hydrogen) atoms. The van der Waals surface area contributed by atoms with Gasteiger partial charge in [0.15, 0.2) is 0 Å². The second-order valence-corrected chi connectivity index (χ2v) is 4.81. The Labute approximate surface area is 106 Å². The van der Waals surface area contributed by atoms with Crippen molar-refractivity contribution < 1.29 is 9.50 Å². The average molecular weight is 251 g/mol. The smallest absolute Gasteiger partial charge is 0.125 e. The van der Waals surface area contributed by atoms with Gasteiger partial charge in [-0.2, -0.15) is 0 Å². The maximum atomic E-state index is 13.2. The fourth-order valence-corrected chi connectivity index (χ4v) is 2.40. The first-order chi connectivity index (χ1) is 8.49. The monoisotopic (exact) mass is 251 g/mol. The lowest BCUT2D eigenvalue weighted by atomic mass is 10.0. The molecule has 1 aromatic rings. The predicted octanol–water partition coefficient (Wildman–Crippen LogP) is 1.32. The van der Waals surface area contributed by atoms with Gasteiger partial charge in [-0.3, -0.25) is 5.41 Å². The topological polar surface area (TPSA) is 73.3 Å². The molecule has 4 N–H and O–H groups in total. The molecule has 0 spiro atoms. The van der Waals surface area contributed by atoms with Crippen molar-refractivity contribution in [1.82, 2.24) is 0 Å². The molecule has 0 radical (unpaired) electrons. The number of benzene rings is 1. The van der Waals surface area contributed by atoms with Crippen LogP contribution in [0.15, 0.2) is 18.2 Å². The minimum Gasteiger partial charge on any atom is -0.393 e. The van der Waals surface area contributed by atoms with E-state index in [0.717, 1.165) is 18.7 Å². The van der Waals surface area contributed by atoms with Crippen molar-refractivity contribution in [3.8, 4) is 0 Å². The molecule has 1 fully saturated rings. The van der Waals surface area contributed by atoms with Gasteiger partial charge in [-0.05, 0) is 31.5 Å². The van der Waals surface area contributed by atoms with Crippen LogP contribution < -0.4 is 10.6 Å². The summed E-state index contributed by atoms with van der Waals surface area (Å²) in [5.41, 5.74) is 6.67. The third-order valence-electron chi connectivity index (χ3n) is 3.50. The van der Waals surface area contributed by atoms with E-state index in [9.17, 15) is 9.50 Å². The number of nitrogen functional groups attached to an aromatic ring is 1. The number of anilines is 1. The van der Waals surface area contributed by atoms with Crippen molar-refractivity contribution in [2.24, 2.45) is 11.7 Å². The second-order valence-electron chi connectivity index (χ2n) is 4.81. The normalized spacial score (nSPS) is 21.1. The van der Waals surface area contributed by atoms with Crippen molar-refractivity contribution in [2.45, 2.75) is 19.4 Å². The molecule has 0 saturated carbocycles. The molecule has 1 heterocycles. The Morgan fingerprint density at radius 1 is 1.61 bits per heavy atom. The van der Waals surface area contributed by atoms with Gasteiger partial charge in [0.2, 0.25) is 0 Å². The lowest BCUT2D eigenvalue weighted by Gasteiger charge is -2.22. The molecule has 1 aliphatic heterocycles. The van der Waals surface area contributed by atoms with E-state index >= 15 is 0 Å². The van der Waals surface area contributed by atoms with Gasteiger partial charge in [0.05, 0.1) is 6.10 Å². The van der Waals surface area contributed by atoms with E-state index in [1.165, 1.54) is 12.1 Å². The highest BCUT2D eigenvalue weighted by Gasteiger charge is 2.27. The summed E-state index contributed by atoms with van der Waals surface area (Å²) in [6.45, 7) is 3.29. The quantitative estimate of drug-likeness (QED) is 0.560. The Bertz CT molecular complexity index is 462. The zero-order valence-electron chi connectivity index (χ0n) is 10.4. The van der Waals surface area contributed by atoms with Crippen LogP contribution >= 0.6 is 0 Å². The predicted molar refractivity (Wildman–Crippen MR) is 69.4 cm³/mol. The number of nitrogens with two attached hydrogens (primary N) is 1. The first-order valence-corrected chi connectivity index (χ1v) is 6.06. The summed E-state index contributed by atoms with van der Waals surface area (Å²) in [7, 11) is 0. The Kier molecular flexibility index (Phi) is 3.52. The average Bonchev–Trinajstić information content (AvgIpc) is 2.78. The van der Waals surface area contributed by atoms with Gasteiger partial charge in [-0.15, -0.1) is 0 Å². The van der Waals surface area contributed by atoms with E-state index in [1.54, 1.807) is 13.0 Å². The highest BCUT2D eigenvalue weighted by Crippen LogP contribution is 2.28. The SMILES string of the molecule is CC(O)C1CCN(c2ccc(F)cc2C(=N)N)C1. The summed E-state index contributed by atoms with van der Waals surface area (Å²) in [5, 5.41) is 17.1. The van der Waals surface area contributed by atoms with Crippen LogP contribution in [0.5, 0.6) is 0 Å². The molecule has 0 aromatic heterocycles. The molecule has 2 atom stereocenters. The van der Waals surface area contributed by atoms with E-state index in [1.807, 2.05) is 4.90 Å². The van der Waals surface area contributed by atoms with E-state index < -0.39 is 5.82 Å². The largest absolute Gasteiger partial charge is 0.393 e. The summed E-state index contributed by atoms with van der Waals surface area (Å²) >= 11 is 0. The molecular formula is C13H18FN3O. The number of halogens is 1. The van der Waals surface area contributed by atoms with Crippen molar-refractivity contribution in [3.63, 3.8) is 0 Å². The molecule has 2 rings (SSSR count). The first-order valence-electron chi connectivity index (χ1n) is 6.06. The van der Waals surface area contributed by atoms with Gasteiger partial charge in [0.25, 0.3) is 0 Å². The molecule has 1 aliphatic rings. The molecular weight excluding hydrogens is 233 g/mol. The van der Waals surface area contributed by atoms with Gasteiger partial charge < -0.3 is 15.7 Å². The lowest BCUT2D eigenvalue weighted by molar-refractivity contribution is 0.136. The van der Waals surface area contributed by atoms with Crippen LogP contribution in [0.4, 0.5) is 10.1 Å². The molecule has 0 amide bonds. The van der Waals surface area contributed by atoms with Crippen molar-refractivity contribution in [1.29, 1.82) is 5.41 Å². The molecule has 2 unspecified atom stereocenters. The molecule has 5 heteroatoms. The summed E-state index contributed by atoms with van der Waals surface area (Å²) in [4.78, 5) is 2.05. The van der Waals surface area contributed by atoms with Crippen LogP contribution in [0.25, 0.3) is 0 Å². The summed E-state index contributed by atoms with van der Waals surface area (Å²) in [6.07, 6.45) is 0.545. The number of nitrogens with one attached hydrogen (secondary N) is 1. The summed E-state index contributed by atoms with van der Waals surface area (Å²) in [6, 6.07) is 4.31. The fourth-order valence-electron chi connectivity index (χ4n) is 2.40. The summed E-state index contributed by atoms with van der Waals surface area (Å²) < 4.78 is 13.2. The van der Waals surface area contributed by atoms with Crippen LogP contribution in [0.2, 0.25) is 0 Å². The molecule has 0 aliphatic carbocycles. The highest BCUT2D eigenvalue weighted by atomic mass is 19.1. The van der Waals surface area contributed by atoms with E-state index in [4.69, 9.17) is 11.1 Å². The third-order valence-corrected chi connectivity index (χ3v) is 3.50. The Balaban J connectivity index is 2.27. The van der Waals surface area contributed by atoms with Gasteiger partial charge in [0.1, 0.15) is 11.7 Å². The van der Waals surface area contributed by atoms with Gasteiger partial charge >= 0.3 is 0 Å². The van der Waals surface area contributed by atoms with Crippen molar-refractivity contribution in [2.75, 3.05) is 18.0 Å². The number of rotatable bonds is 3. The van der Waals surface area contributed by atoms with Crippen LogP contribution in [-0.4, -0.2) is 30.1 Å². The number of aliphatic hydroxyl groups is 1. The van der Waals surface area contributed by atoms with Crippen LogP contribution in [0.3, 0.4) is 0 Å². The van der Waals surface area contributed by atoms with Crippen LogP contribution in [0, 0.1) is 17.1 Å². The number of aliphatic hydroxyl groups excluding tert-OH is 1. The zero-order valence-corrected chi connectivity index (χ0v) is 10.4. The number of amidine groups is 1. The molecule has 0 bridgehead atoms. The number of hydrogen-bond acceptors (Lipinski definition) is 3. The van der Waals surface area contributed by atoms with Crippen molar-refractivity contribution in [3.05, 3.63) is 29.6 Å². The Hall–Kier alpha value is -1.62. The number of hydrogen-bond donors (Lipinski definition) is 3. The molecule has 4 nitrogen and oxygen atoms in total. The highest BCUT2D eigenvalue weighted by molar-refractivity contribution is 6.00. The second kappa shape index (κ2) is 4.94. The Morgan fingerprint density at radius 3 is 2.89 bits per heavy atom. The summed E-state index contributed by atoms with van der Waals surface area (Å²) in [5.74, 6) is -0.310.